The largest absolute Gasteiger partial charge is 0.481 e. The van der Waals surface area contributed by atoms with Gasteiger partial charge < -0.3 is 10.4 Å². The first-order chi connectivity index (χ1) is 8.15. The first-order valence-electron chi connectivity index (χ1n) is 5.94. The Morgan fingerprint density at radius 3 is 2.82 bits per heavy atom. The van der Waals surface area contributed by atoms with Crippen molar-refractivity contribution in [1.82, 2.24) is 0 Å². The van der Waals surface area contributed by atoms with Crippen molar-refractivity contribution in [2.75, 3.05) is 5.32 Å². The van der Waals surface area contributed by atoms with Crippen LogP contribution in [-0.2, 0) is 4.79 Å². The maximum atomic E-state index is 13.2. The molecule has 1 aliphatic carbocycles. The van der Waals surface area contributed by atoms with Gasteiger partial charge in [-0.2, -0.15) is 0 Å². The number of benzene rings is 1. The molecule has 0 saturated heterocycles. The lowest BCUT2D eigenvalue weighted by Gasteiger charge is -2.31. The molecule has 2 aliphatic rings. The van der Waals surface area contributed by atoms with Crippen LogP contribution in [0.5, 0.6) is 0 Å². The summed E-state index contributed by atoms with van der Waals surface area (Å²) in [4.78, 5) is 11.3. The first-order valence-corrected chi connectivity index (χ1v) is 5.94. The fraction of sp³-hybridized carbons (Fsp3) is 0.462. The fourth-order valence-corrected chi connectivity index (χ4v) is 2.64. The number of aliphatic carboxylic acids is 1. The molecule has 1 aliphatic heterocycles. The van der Waals surface area contributed by atoms with E-state index in [0.717, 1.165) is 5.69 Å². The van der Waals surface area contributed by atoms with Crippen molar-refractivity contribution >= 4 is 11.7 Å². The van der Waals surface area contributed by atoms with Crippen molar-refractivity contribution in [3.8, 4) is 0 Å². The van der Waals surface area contributed by atoms with Crippen molar-refractivity contribution in [2.24, 2.45) is 5.92 Å². The van der Waals surface area contributed by atoms with E-state index in [1.807, 2.05) is 0 Å². The standard InChI is InChI=1S/C13H14FNO2/c14-8-3-4-11-9(5-8)10(13(16)17)6-12(15-11)7-1-2-7/h3-5,7,10,12,15H,1-2,6H2,(H,16,17). The van der Waals surface area contributed by atoms with Gasteiger partial charge in [0.1, 0.15) is 5.82 Å². The van der Waals surface area contributed by atoms with Crippen LogP contribution in [0.2, 0.25) is 0 Å². The van der Waals surface area contributed by atoms with Crippen LogP contribution in [-0.4, -0.2) is 17.1 Å². The summed E-state index contributed by atoms with van der Waals surface area (Å²) in [5.74, 6) is -1.21. The molecule has 2 atom stereocenters. The number of nitrogens with one attached hydrogen (secondary N) is 1. The number of halogens is 1. The van der Waals surface area contributed by atoms with E-state index in [-0.39, 0.29) is 11.9 Å². The third-order valence-corrected chi connectivity index (χ3v) is 3.71. The number of carboxylic acid groups (broad SMARTS) is 1. The molecule has 4 heteroatoms. The lowest BCUT2D eigenvalue weighted by atomic mass is 9.85. The molecule has 1 heterocycles. The Labute approximate surface area is 98.6 Å². The second-order valence-electron chi connectivity index (χ2n) is 4.95. The molecular weight excluding hydrogens is 221 g/mol. The monoisotopic (exact) mass is 235 g/mol. The Bertz CT molecular complexity index is 470. The molecule has 1 saturated carbocycles. The first kappa shape index (κ1) is 10.6. The summed E-state index contributed by atoms with van der Waals surface area (Å²) in [5.41, 5.74) is 1.36. The van der Waals surface area contributed by atoms with Crippen LogP contribution in [0, 0.1) is 11.7 Å². The van der Waals surface area contributed by atoms with E-state index in [2.05, 4.69) is 5.32 Å². The van der Waals surface area contributed by atoms with E-state index in [1.54, 1.807) is 6.07 Å². The van der Waals surface area contributed by atoms with Gasteiger partial charge in [0.15, 0.2) is 0 Å². The second-order valence-corrected chi connectivity index (χ2v) is 4.95. The predicted octanol–water partition coefficient (Wildman–Crippen LogP) is 2.59. The average molecular weight is 235 g/mol. The van der Waals surface area contributed by atoms with Crippen LogP contribution in [0.1, 0.15) is 30.7 Å². The van der Waals surface area contributed by atoms with Gasteiger partial charge in [0.2, 0.25) is 0 Å². The van der Waals surface area contributed by atoms with Crippen LogP contribution in [0.4, 0.5) is 10.1 Å². The number of carboxylic acids is 1. The van der Waals surface area contributed by atoms with Crippen LogP contribution in [0.15, 0.2) is 18.2 Å². The summed E-state index contributed by atoms with van der Waals surface area (Å²) < 4.78 is 13.2. The summed E-state index contributed by atoms with van der Waals surface area (Å²) in [6.45, 7) is 0. The average Bonchev–Trinajstić information content (AvgIpc) is 3.11. The maximum Gasteiger partial charge on any atom is 0.311 e. The van der Waals surface area contributed by atoms with Gasteiger partial charge in [0.25, 0.3) is 0 Å². The molecule has 0 aromatic heterocycles. The molecule has 90 valence electrons. The minimum absolute atomic E-state index is 0.231. The zero-order valence-corrected chi connectivity index (χ0v) is 9.32. The number of hydrogen-bond donors (Lipinski definition) is 2. The van der Waals surface area contributed by atoms with Crippen molar-refractivity contribution in [1.29, 1.82) is 0 Å². The van der Waals surface area contributed by atoms with Gasteiger partial charge in [-0.15, -0.1) is 0 Å². The van der Waals surface area contributed by atoms with Gasteiger partial charge in [0.05, 0.1) is 5.92 Å². The summed E-state index contributed by atoms with van der Waals surface area (Å²) >= 11 is 0. The highest BCUT2D eigenvalue weighted by Crippen LogP contribution is 2.43. The lowest BCUT2D eigenvalue weighted by molar-refractivity contribution is -0.139. The van der Waals surface area contributed by atoms with Crippen molar-refractivity contribution < 1.29 is 14.3 Å². The molecule has 1 aromatic carbocycles. The summed E-state index contributed by atoms with van der Waals surface area (Å²) in [6.07, 6.45) is 2.90. The van der Waals surface area contributed by atoms with E-state index in [9.17, 15) is 14.3 Å². The summed E-state index contributed by atoms with van der Waals surface area (Å²) in [5, 5.41) is 12.6. The predicted molar refractivity (Wildman–Crippen MR) is 61.5 cm³/mol. The van der Waals surface area contributed by atoms with E-state index < -0.39 is 11.9 Å². The number of rotatable bonds is 2. The van der Waals surface area contributed by atoms with Gasteiger partial charge >= 0.3 is 5.97 Å². The van der Waals surface area contributed by atoms with E-state index in [4.69, 9.17) is 0 Å². The Morgan fingerprint density at radius 1 is 1.41 bits per heavy atom. The van der Waals surface area contributed by atoms with Gasteiger partial charge in [-0.05, 0) is 48.9 Å². The molecule has 3 rings (SSSR count). The third kappa shape index (κ3) is 1.88. The highest BCUT2D eigenvalue weighted by molar-refractivity contribution is 5.80. The molecule has 0 radical (unpaired) electrons. The lowest BCUT2D eigenvalue weighted by Crippen LogP contribution is -2.33. The molecule has 0 bridgehead atoms. The Morgan fingerprint density at radius 2 is 2.18 bits per heavy atom. The number of fused-ring (bicyclic) bond motifs is 1. The van der Waals surface area contributed by atoms with Crippen molar-refractivity contribution in [2.45, 2.75) is 31.2 Å². The molecular formula is C13H14FNO2. The van der Waals surface area contributed by atoms with Crippen LogP contribution >= 0.6 is 0 Å². The molecule has 2 N–H and O–H groups in total. The van der Waals surface area contributed by atoms with Crippen LogP contribution in [0.3, 0.4) is 0 Å². The van der Waals surface area contributed by atoms with Gasteiger partial charge in [-0.25, -0.2) is 4.39 Å². The van der Waals surface area contributed by atoms with Crippen LogP contribution < -0.4 is 5.32 Å². The number of carbonyl (C=O) groups is 1. The zero-order valence-electron chi connectivity index (χ0n) is 9.32. The smallest absolute Gasteiger partial charge is 0.311 e. The van der Waals surface area contributed by atoms with E-state index >= 15 is 0 Å². The SMILES string of the molecule is O=C(O)C1CC(C2CC2)Nc2ccc(F)cc21. The maximum absolute atomic E-state index is 13.2. The molecule has 2 unspecified atom stereocenters. The molecule has 3 nitrogen and oxygen atoms in total. The minimum Gasteiger partial charge on any atom is -0.481 e. The fourth-order valence-electron chi connectivity index (χ4n) is 2.64. The Balaban J connectivity index is 1.98. The van der Waals surface area contributed by atoms with E-state index in [1.165, 1.54) is 25.0 Å². The third-order valence-electron chi connectivity index (χ3n) is 3.71. The highest BCUT2D eigenvalue weighted by Gasteiger charge is 2.39. The molecule has 0 amide bonds. The van der Waals surface area contributed by atoms with Gasteiger partial charge in [-0.1, -0.05) is 0 Å². The van der Waals surface area contributed by atoms with Crippen molar-refractivity contribution in [3.63, 3.8) is 0 Å². The molecule has 0 spiro atoms. The second kappa shape index (κ2) is 3.72. The molecule has 17 heavy (non-hydrogen) atoms. The molecule has 1 aromatic rings. The van der Waals surface area contributed by atoms with Crippen molar-refractivity contribution in [3.05, 3.63) is 29.6 Å². The molecule has 1 fully saturated rings. The van der Waals surface area contributed by atoms with E-state index in [0.29, 0.717) is 17.9 Å². The number of hydrogen-bond acceptors (Lipinski definition) is 2. The zero-order chi connectivity index (χ0) is 12.0. The van der Waals surface area contributed by atoms with Gasteiger partial charge in [0, 0.05) is 11.7 Å². The summed E-state index contributed by atoms with van der Waals surface area (Å²) in [7, 11) is 0. The Kier molecular flexibility index (Phi) is 2.31. The topological polar surface area (TPSA) is 49.3 Å². The normalized spacial score (nSPS) is 27.1. The quantitative estimate of drug-likeness (QED) is 0.828. The Hall–Kier alpha value is -1.58. The van der Waals surface area contributed by atoms with Crippen LogP contribution in [0.25, 0.3) is 0 Å². The van der Waals surface area contributed by atoms with Gasteiger partial charge in [-0.3, -0.25) is 4.79 Å². The number of anilines is 1. The highest BCUT2D eigenvalue weighted by atomic mass is 19.1. The minimum atomic E-state index is -0.857. The summed E-state index contributed by atoms with van der Waals surface area (Å²) in [6, 6.07) is 4.59.